The normalized spacial score (nSPS) is 32.4. The smallest absolute Gasteiger partial charge is 0.235 e. The third-order valence-corrected chi connectivity index (χ3v) is 49.3. The minimum Gasteiger partial charge on any atom is -0.235 e. The van der Waals surface area contributed by atoms with E-state index >= 15 is 0 Å². The molecule has 0 aromatic heterocycles. The predicted octanol–water partition coefficient (Wildman–Crippen LogP) is 5.59. The minimum absolute atomic E-state index is 0.155. The molecular weight excluding hydrogens is 2430 g/mol. The molecule has 98 heteroatoms. The van der Waals surface area contributed by atoms with Gasteiger partial charge in [-0.25, -0.2) is 66.9 Å². The molecule has 0 aromatic rings. The van der Waals surface area contributed by atoms with E-state index in [1.807, 2.05) is 0 Å². The number of alkyl halides is 34. The Morgan fingerprint density at radius 3 is 0.557 bits per heavy atom. The molecule has 0 bridgehead atoms. The van der Waals surface area contributed by atoms with Gasteiger partial charge in [-0.15, -0.1) is 0 Å². The van der Waals surface area contributed by atoms with Crippen LogP contribution >= 0.6 is 0 Å². The van der Waals surface area contributed by atoms with Crippen LogP contribution < -0.4 is 0 Å². The first kappa shape index (κ1) is 134. The van der Waals surface area contributed by atoms with Crippen molar-refractivity contribution >= 4 is 162 Å². The zero-order valence-corrected chi connectivity index (χ0v) is 80.3. The van der Waals surface area contributed by atoms with Gasteiger partial charge in [0.25, 0.3) is 104 Å². The fraction of sp³-hybridized carbons (Fsp3) is 1.00. The average Bonchev–Trinajstić information content (AvgIpc) is 1.61. The molecule has 0 atom stereocenters. The second kappa shape index (κ2) is 38.9. The van der Waals surface area contributed by atoms with Crippen LogP contribution in [0.1, 0.15) is 109 Å². The number of hydrogen-bond donors (Lipinski definition) is 0. The molecule has 0 aromatic carbocycles. The Balaban J connectivity index is 0.000000801. The topological polar surface area (TPSA) is 694 Å². The molecule has 8 fully saturated rings. The summed E-state index contributed by atoms with van der Waals surface area (Å²) in [6.07, 6.45) is -72.2. The second-order valence-electron chi connectivity index (χ2n) is 27.4. The fourth-order valence-corrected chi connectivity index (χ4v) is 29.0. The molecule has 0 unspecified atom stereocenters. The molecule has 0 spiro atoms. The average molecular weight is 2480 g/mol. The molecule has 8 heterocycles. The van der Waals surface area contributed by atoms with Crippen LogP contribution in [0.3, 0.4) is 0 Å². The van der Waals surface area contributed by atoms with Crippen molar-refractivity contribution in [2.24, 2.45) is 0 Å². The van der Waals surface area contributed by atoms with Crippen molar-refractivity contribution in [3.8, 4) is 0 Å². The molecule has 840 valence electrons. The minimum atomic E-state index is -6.33. The molecule has 48 nitrogen and oxygen atoms in total. The summed E-state index contributed by atoms with van der Waals surface area (Å²) in [6.45, 7) is 3.66. The molecule has 0 amide bonds. The summed E-state index contributed by atoms with van der Waals surface area (Å²) in [4.78, 5) is 0. The van der Waals surface area contributed by atoms with E-state index in [1.165, 1.54) is 0 Å². The first-order valence-electron chi connectivity index (χ1n) is 32.0. The lowest BCUT2D eigenvalue weighted by atomic mass is 10.3. The highest BCUT2D eigenvalue weighted by molar-refractivity contribution is 8.09. The van der Waals surface area contributed by atoms with E-state index in [4.69, 9.17) is 0 Å². The van der Waals surface area contributed by atoms with Crippen LogP contribution in [0.4, 0.5) is 149 Å². The Hall–Kier alpha value is -3.82. The molecule has 0 radical (unpaired) electrons. The zero-order valence-electron chi connectivity index (χ0n) is 67.3. The van der Waals surface area contributed by atoms with Crippen LogP contribution in [-0.4, -0.2) is 279 Å². The van der Waals surface area contributed by atoms with Gasteiger partial charge in [-0.1, -0.05) is 0 Å². The van der Waals surface area contributed by atoms with E-state index in [2.05, 4.69) is 66.9 Å². The highest BCUT2D eigenvalue weighted by Crippen LogP contribution is 2.55. The van der Waals surface area contributed by atoms with Gasteiger partial charge in [-0.3, -0.25) is 0 Å². The Morgan fingerprint density at radius 2 is 0.350 bits per heavy atom. The van der Waals surface area contributed by atoms with Crippen molar-refractivity contribution in [3.63, 3.8) is 0 Å². The van der Waals surface area contributed by atoms with Gasteiger partial charge in [0.2, 0.25) is 42.5 Å². The van der Waals surface area contributed by atoms with Crippen molar-refractivity contribution < 1.29 is 351 Å². The van der Waals surface area contributed by atoms with Crippen molar-refractivity contribution in [1.29, 1.82) is 0 Å². The molecule has 8 aliphatic rings. The number of halogens is 34. The molecule has 8 saturated heterocycles. The quantitative estimate of drug-likeness (QED) is 0.244. The Bertz CT molecular complexity index is 6110. The fourth-order valence-electron chi connectivity index (χ4n) is 7.25. The van der Waals surface area contributed by atoms with Crippen LogP contribution in [0.2, 0.25) is 0 Å². The second-order valence-corrected chi connectivity index (χ2v) is 59.5. The van der Waals surface area contributed by atoms with Gasteiger partial charge in [0.05, 0.1) is 25.7 Å². The molecule has 140 heavy (non-hydrogen) atoms. The van der Waals surface area contributed by atoms with E-state index in [9.17, 15) is 284 Å². The Kier molecular flexibility index (Phi) is 37.3. The largest absolute Gasteiger partial charge is 0.496 e. The van der Waals surface area contributed by atoms with E-state index in [0.29, 0.717) is 20.8 Å². The highest BCUT2D eigenvalue weighted by atomic mass is 32.3. The van der Waals surface area contributed by atoms with Crippen molar-refractivity contribution in [1.82, 2.24) is 0 Å². The maximum absolute atomic E-state index is 12.7. The van der Waals surface area contributed by atoms with Gasteiger partial charge in [0.1, 0.15) is 0 Å². The molecule has 8 aliphatic heterocycles. The highest BCUT2D eigenvalue weighted by Gasteiger charge is 2.81. The monoisotopic (exact) mass is 2480 g/mol. The van der Waals surface area contributed by atoms with Crippen LogP contribution in [0.25, 0.3) is 0 Å². The van der Waals surface area contributed by atoms with Crippen LogP contribution in [0, 0.1) is 0 Å². The molecule has 0 saturated carbocycles. The van der Waals surface area contributed by atoms with Crippen LogP contribution in [-0.2, 0) is 229 Å². The number of rotatable bonds is 4. The lowest BCUT2D eigenvalue weighted by Gasteiger charge is -2.41. The Morgan fingerprint density at radius 1 is 0.193 bits per heavy atom. The summed E-state index contributed by atoms with van der Waals surface area (Å²) in [6, 6.07) is 0. The van der Waals surface area contributed by atoms with E-state index < -0.39 is 332 Å². The lowest BCUT2D eigenvalue weighted by Crippen LogP contribution is -2.66. The van der Waals surface area contributed by atoms with Gasteiger partial charge < -0.3 is 0 Å². The van der Waals surface area contributed by atoms with E-state index in [0.717, 1.165) is 20.8 Å². The summed E-state index contributed by atoms with van der Waals surface area (Å²) < 4.78 is 802. The summed E-state index contributed by atoms with van der Waals surface area (Å²) in [5.41, 5.74) is 0. The third kappa shape index (κ3) is 28.3. The van der Waals surface area contributed by atoms with Crippen molar-refractivity contribution in [2.45, 2.75) is 253 Å². The number of hydrogen-bond acceptors (Lipinski definition) is 48. The van der Waals surface area contributed by atoms with Crippen LogP contribution in [0.5, 0.6) is 0 Å². The van der Waals surface area contributed by atoms with Gasteiger partial charge in [-0.05, 0) is 55.4 Å². The van der Waals surface area contributed by atoms with Gasteiger partial charge in [0.15, 0.2) is 0 Å². The molecule has 0 N–H and O–H groups in total. The van der Waals surface area contributed by atoms with Gasteiger partial charge >= 0.3 is 160 Å². The molecular formula is C42H50F34O48S16. The summed E-state index contributed by atoms with van der Waals surface area (Å²) in [5, 5.41) is 0. The third-order valence-electron chi connectivity index (χ3n) is 15.8. The molecule has 8 rings (SSSR count). The maximum atomic E-state index is 12.7. The Labute approximate surface area is 761 Å². The van der Waals surface area contributed by atoms with Crippen LogP contribution in [0.15, 0.2) is 0 Å². The first-order valence-corrected chi connectivity index (χ1v) is 54.8. The first-order chi connectivity index (χ1) is 59.6. The lowest BCUT2D eigenvalue weighted by molar-refractivity contribution is -0.317. The zero-order chi connectivity index (χ0) is 114. The van der Waals surface area contributed by atoms with E-state index in [-0.39, 0.29) is 41.5 Å². The van der Waals surface area contributed by atoms with Gasteiger partial charge in [0, 0.05) is 27.7 Å². The SMILES string of the molecule is CC1(C(F)(F)F)OS(=O)(=O)C(C)(C(F)(F)F)S(=O)(=O)O1.CC1(C(F)(F)F)OS(=O)(=O)C(C)(C)S(=O)(=O)O1.CC1(C(F)(F)F)OS(=O)(=O)C(F)(F)S(=O)(=O)O1.CC1(C(F)(F)F)S(=O)(=O)OC(CC(F)(F)F)OS1(=O)=O.CC1(C)S(=O)(=O)OC(CC(F)(F)F)OS1(=O)=O.CC1S(=O)(=O)OC(C)(C(F)(F)F)OS1(=O)=O.CC1S(=O)(=O)OC(CC(F)(F)F)OS1(=O)=O.O=S1(=O)OC(CC(F)(F)F)OS(=O)(=O)C1(F)F. The van der Waals surface area contributed by atoms with E-state index in [1.54, 1.807) is 0 Å². The standard InChI is InChI=1S/2C6H6F6O6S2.2C6H9F3O6S2.2C5H7F3O6S2.2C4H3F5O6S2/c1-4(6(10,11)12)19(13,14)17-3(2-5(7,8)9)18-20(4,15)16;1-3(5(7,8)9)17-19(13,14)4(2,6(10,11)12)20(15,16)18-3;1-5(2)16(10,11)14-4(3-6(7,8)9)15-17(5,12)13;1-4(2)16(10,11)14-5(3,6(7,8)9)15-17(4,12)13;1-3-15(9,10)13-4(2,5(6,7)8)14-16(3,11)12;1-3-15(9,10)13-4(2-5(6,7)8)14-16(3,11)12;1-2(3(5,6)7)14-16(10,11)4(8,9)17(12,13)15-2;5-3(6,7)1-2-14-16(10,11)4(8,9)17(12,13)15-2/h3H,2H2,1H3;1-2H3;4H,3H2,1-2H3;1-3H3;3H,1-2H3;3-4H,2H2,1H3;1H3;2H,1H2. The predicted molar refractivity (Wildman–Crippen MR) is 362 cm³/mol. The maximum Gasteiger partial charge on any atom is 0.496 e. The summed E-state index contributed by atoms with van der Waals surface area (Å²) in [5.74, 6) is -15.9. The van der Waals surface area contributed by atoms with Crippen molar-refractivity contribution in [3.05, 3.63) is 0 Å². The summed E-state index contributed by atoms with van der Waals surface area (Å²) in [7, 11) is -87.5. The summed E-state index contributed by atoms with van der Waals surface area (Å²) >= 11 is 0. The molecule has 0 aliphatic carbocycles. The van der Waals surface area contributed by atoms with Crippen molar-refractivity contribution in [2.75, 3.05) is 0 Å². The van der Waals surface area contributed by atoms with Gasteiger partial charge in [-0.2, -0.15) is 284 Å².